The monoisotopic (exact) mass is 424 g/mol. The number of allylic oxidation sites excluding steroid dienone is 4. The third kappa shape index (κ3) is 3.46. The lowest BCUT2D eigenvalue weighted by atomic mass is 10.00. The van der Waals surface area contributed by atoms with Crippen LogP contribution in [-0.2, 0) is 6.42 Å². The first-order valence-corrected chi connectivity index (χ1v) is 11.3. The highest BCUT2D eigenvalue weighted by atomic mass is 15.0. The highest BCUT2D eigenvalue weighted by Crippen LogP contribution is 2.34. The van der Waals surface area contributed by atoms with Gasteiger partial charge in [-0.25, -0.2) is 0 Å². The molecule has 33 heavy (non-hydrogen) atoms. The number of aromatic nitrogens is 1. The first-order chi connectivity index (χ1) is 16.3. The zero-order chi connectivity index (χ0) is 22.2. The molecule has 0 fully saturated rings. The summed E-state index contributed by atoms with van der Waals surface area (Å²) in [4.78, 5) is 0. The fourth-order valence-electron chi connectivity index (χ4n) is 4.74. The second-order valence-corrected chi connectivity index (χ2v) is 8.42. The van der Waals surface area contributed by atoms with E-state index in [4.69, 9.17) is 0 Å². The van der Waals surface area contributed by atoms with Gasteiger partial charge in [0.25, 0.3) is 0 Å². The Morgan fingerprint density at radius 1 is 0.697 bits per heavy atom. The fourth-order valence-corrected chi connectivity index (χ4v) is 4.74. The fraction of sp³-hybridized carbons (Fsp3) is 0.0323. The molecule has 0 saturated carbocycles. The van der Waals surface area contributed by atoms with Crippen LogP contribution in [0.25, 0.3) is 33.1 Å². The van der Waals surface area contributed by atoms with Gasteiger partial charge < -0.3 is 9.88 Å². The van der Waals surface area contributed by atoms with E-state index in [2.05, 4.69) is 132 Å². The summed E-state index contributed by atoms with van der Waals surface area (Å²) in [7, 11) is 0. The molecule has 4 aromatic carbocycles. The molecule has 1 aromatic heterocycles. The average molecular weight is 425 g/mol. The molecule has 2 heteroatoms. The van der Waals surface area contributed by atoms with Crippen molar-refractivity contribution in [1.82, 2.24) is 4.57 Å². The standard InChI is InChI=1S/C31H24N2/c1-22-15-16-23(17-18-24-9-5-7-13-29(24)32-22)25-19-20-31-28(21-25)27-12-6-8-14-30(27)33(31)26-10-3-2-4-11-26/h2-17,19-21,32H,1,18H2/b16-15-,23-17+. The molecule has 5 aromatic rings. The van der Waals surface area contributed by atoms with Gasteiger partial charge in [-0.2, -0.15) is 0 Å². The molecular formula is C31H24N2. The van der Waals surface area contributed by atoms with E-state index in [0.717, 1.165) is 17.8 Å². The Hall–Kier alpha value is -4.30. The summed E-state index contributed by atoms with van der Waals surface area (Å²) in [5.41, 5.74) is 9.30. The largest absolute Gasteiger partial charge is 0.356 e. The maximum absolute atomic E-state index is 4.18. The van der Waals surface area contributed by atoms with Crippen molar-refractivity contribution < 1.29 is 0 Å². The SMILES string of the molecule is C=C1/C=C\C(c2ccc3c(c2)c2ccccc2n3-c2ccccc2)=C/Cc2ccccc2N1. The zero-order valence-corrected chi connectivity index (χ0v) is 18.3. The number of benzene rings is 4. The van der Waals surface area contributed by atoms with Crippen molar-refractivity contribution in [3.63, 3.8) is 0 Å². The van der Waals surface area contributed by atoms with Gasteiger partial charge in [-0.15, -0.1) is 0 Å². The number of para-hydroxylation sites is 3. The molecule has 1 aliphatic rings. The van der Waals surface area contributed by atoms with Crippen LogP contribution in [0.5, 0.6) is 0 Å². The van der Waals surface area contributed by atoms with Gasteiger partial charge >= 0.3 is 0 Å². The minimum Gasteiger partial charge on any atom is -0.356 e. The van der Waals surface area contributed by atoms with E-state index in [-0.39, 0.29) is 0 Å². The summed E-state index contributed by atoms with van der Waals surface area (Å²) in [6.45, 7) is 4.18. The third-order valence-electron chi connectivity index (χ3n) is 6.34. The number of nitrogens with one attached hydrogen (secondary N) is 1. The van der Waals surface area contributed by atoms with Crippen molar-refractivity contribution in [3.05, 3.63) is 139 Å². The number of hydrogen-bond donors (Lipinski definition) is 1. The summed E-state index contributed by atoms with van der Waals surface area (Å²) in [6, 6.07) is 34.5. The van der Waals surface area contributed by atoms with Crippen molar-refractivity contribution in [2.45, 2.75) is 6.42 Å². The predicted molar refractivity (Wildman–Crippen MR) is 141 cm³/mol. The molecule has 2 nitrogen and oxygen atoms in total. The molecule has 0 bridgehead atoms. The van der Waals surface area contributed by atoms with Gasteiger partial charge in [0.05, 0.1) is 11.0 Å². The maximum atomic E-state index is 4.18. The molecule has 0 atom stereocenters. The molecule has 0 aliphatic carbocycles. The second-order valence-electron chi connectivity index (χ2n) is 8.42. The first kappa shape index (κ1) is 19.4. The van der Waals surface area contributed by atoms with Crippen molar-refractivity contribution in [1.29, 1.82) is 0 Å². The quantitative estimate of drug-likeness (QED) is 0.305. The van der Waals surface area contributed by atoms with Crippen LogP contribution in [0.1, 0.15) is 11.1 Å². The van der Waals surface area contributed by atoms with E-state index in [1.807, 2.05) is 0 Å². The van der Waals surface area contributed by atoms with Gasteiger partial charge in [-0.1, -0.05) is 79.4 Å². The number of rotatable bonds is 2. The van der Waals surface area contributed by atoms with Crippen LogP contribution < -0.4 is 5.32 Å². The van der Waals surface area contributed by atoms with Crippen molar-refractivity contribution in [2.24, 2.45) is 0 Å². The number of nitrogens with zero attached hydrogens (tertiary/aromatic N) is 1. The predicted octanol–water partition coefficient (Wildman–Crippen LogP) is 7.91. The minimum atomic E-state index is 0.861. The van der Waals surface area contributed by atoms with Gasteiger partial charge in [-0.05, 0) is 65.6 Å². The van der Waals surface area contributed by atoms with Crippen LogP contribution in [0.15, 0.2) is 128 Å². The highest BCUT2D eigenvalue weighted by molar-refractivity contribution is 6.10. The Balaban J connectivity index is 1.53. The van der Waals surface area contributed by atoms with Gasteiger partial charge in [0.15, 0.2) is 0 Å². The lowest BCUT2D eigenvalue weighted by molar-refractivity contribution is 1.18. The van der Waals surface area contributed by atoms with Crippen molar-refractivity contribution in [2.75, 3.05) is 5.32 Å². The first-order valence-electron chi connectivity index (χ1n) is 11.3. The number of hydrogen-bond acceptors (Lipinski definition) is 1. The van der Waals surface area contributed by atoms with Gasteiger partial charge in [0.1, 0.15) is 0 Å². The molecule has 1 aliphatic heterocycles. The second kappa shape index (κ2) is 7.99. The van der Waals surface area contributed by atoms with Crippen LogP contribution in [-0.4, -0.2) is 4.57 Å². The third-order valence-corrected chi connectivity index (χ3v) is 6.34. The number of fused-ring (bicyclic) bond motifs is 4. The van der Waals surface area contributed by atoms with E-state index in [1.54, 1.807) is 0 Å². The minimum absolute atomic E-state index is 0.861. The van der Waals surface area contributed by atoms with Crippen LogP contribution in [0.4, 0.5) is 5.69 Å². The zero-order valence-electron chi connectivity index (χ0n) is 18.3. The van der Waals surface area contributed by atoms with Crippen LogP contribution in [0.2, 0.25) is 0 Å². The van der Waals surface area contributed by atoms with E-state index >= 15 is 0 Å². The summed E-state index contributed by atoms with van der Waals surface area (Å²) in [6.07, 6.45) is 7.40. The van der Waals surface area contributed by atoms with Crippen molar-refractivity contribution >= 4 is 33.1 Å². The average Bonchev–Trinajstić information content (AvgIpc) is 3.22. The molecule has 0 saturated heterocycles. The van der Waals surface area contributed by atoms with E-state index in [0.29, 0.717) is 0 Å². The Labute approximate surface area is 193 Å². The smallest absolute Gasteiger partial charge is 0.0541 e. The molecule has 0 spiro atoms. The molecule has 0 unspecified atom stereocenters. The molecule has 0 amide bonds. The van der Waals surface area contributed by atoms with E-state index in [1.165, 1.54) is 44.2 Å². The maximum Gasteiger partial charge on any atom is 0.0541 e. The molecular weight excluding hydrogens is 400 g/mol. The lowest BCUT2D eigenvalue weighted by Gasteiger charge is -2.09. The molecule has 158 valence electrons. The van der Waals surface area contributed by atoms with Crippen LogP contribution in [0, 0.1) is 0 Å². The summed E-state index contributed by atoms with van der Waals surface area (Å²) in [5, 5.41) is 5.96. The van der Waals surface area contributed by atoms with Gasteiger partial charge in [0.2, 0.25) is 0 Å². The topological polar surface area (TPSA) is 17.0 Å². The molecule has 0 radical (unpaired) electrons. The molecule has 1 N–H and O–H groups in total. The summed E-state index contributed by atoms with van der Waals surface area (Å²) >= 11 is 0. The van der Waals surface area contributed by atoms with E-state index < -0.39 is 0 Å². The summed E-state index contributed by atoms with van der Waals surface area (Å²) in [5.74, 6) is 0. The van der Waals surface area contributed by atoms with Gasteiger partial charge in [0, 0.05) is 27.8 Å². The Bertz CT molecular complexity index is 1570. The van der Waals surface area contributed by atoms with Crippen LogP contribution in [0.3, 0.4) is 0 Å². The lowest BCUT2D eigenvalue weighted by Crippen LogP contribution is -1.98. The van der Waals surface area contributed by atoms with Crippen LogP contribution >= 0.6 is 0 Å². The van der Waals surface area contributed by atoms with E-state index in [9.17, 15) is 0 Å². The Morgan fingerprint density at radius 2 is 1.45 bits per heavy atom. The Morgan fingerprint density at radius 3 is 2.36 bits per heavy atom. The highest BCUT2D eigenvalue weighted by Gasteiger charge is 2.13. The number of anilines is 1. The Kier molecular flexibility index (Phi) is 4.70. The summed E-state index contributed by atoms with van der Waals surface area (Å²) < 4.78 is 2.35. The van der Waals surface area contributed by atoms with Gasteiger partial charge in [-0.3, -0.25) is 0 Å². The molecule has 6 rings (SSSR count). The van der Waals surface area contributed by atoms with Crippen molar-refractivity contribution in [3.8, 4) is 5.69 Å². The normalized spacial score (nSPS) is 16.2. The molecule has 2 heterocycles.